The van der Waals surface area contributed by atoms with E-state index >= 15 is 0 Å². The second-order valence-corrected chi connectivity index (χ2v) is 22.4. The minimum atomic E-state index is -3.77. The molecule has 8 rings (SSSR count). The van der Waals surface area contributed by atoms with Crippen molar-refractivity contribution < 1.29 is 35.8 Å². The van der Waals surface area contributed by atoms with E-state index in [-0.39, 0.29) is 17.4 Å². The van der Waals surface area contributed by atoms with Gasteiger partial charge in [0.1, 0.15) is 57.5 Å². The fourth-order valence-electron chi connectivity index (χ4n) is 8.00. The van der Waals surface area contributed by atoms with E-state index in [1.807, 2.05) is 33.8 Å². The summed E-state index contributed by atoms with van der Waals surface area (Å²) < 4.78 is 80.4. The van der Waals surface area contributed by atoms with Gasteiger partial charge in [0.2, 0.25) is 5.69 Å². The number of sulfone groups is 2. The van der Waals surface area contributed by atoms with Gasteiger partial charge in [-0.05, 0) is 87.7 Å². The van der Waals surface area contributed by atoms with E-state index in [0.717, 1.165) is 16.7 Å². The van der Waals surface area contributed by atoms with Gasteiger partial charge in [-0.3, -0.25) is 19.1 Å². The number of rotatable bonds is 18. The summed E-state index contributed by atoms with van der Waals surface area (Å²) in [7, 11) is -1.40. The van der Waals surface area contributed by atoms with Crippen molar-refractivity contribution in [3.8, 4) is 57.1 Å². The van der Waals surface area contributed by atoms with Crippen LogP contribution in [0.5, 0.6) is 23.0 Å². The predicted octanol–water partition coefficient (Wildman–Crippen LogP) is 7.96. The second kappa shape index (κ2) is 23.3. The maximum absolute atomic E-state index is 13.7. The normalized spacial score (nSPS) is 13.1. The van der Waals surface area contributed by atoms with Crippen LogP contribution in [-0.2, 0) is 31.2 Å². The maximum atomic E-state index is 13.7. The van der Waals surface area contributed by atoms with Crippen LogP contribution in [0.25, 0.3) is 39.0 Å². The molecule has 75 heavy (non-hydrogen) atoms. The van der Waals surface area contributed by atoms with Crippen molar-refractivity contribution in [2.45, 2.75) is 82.3 Å². The fraction of sp³-hybridized carbons (Fsp3) is 0.327. The SMILES string of the molecule is COc1cccc(OC)c1-n1c(CS(=O)(=O)[C@@H](C)[C@H](C)c2ncc(C)cn2)nnc1-c1cncc(C)c1.[C-]#[N+]c1cncc(-c2nnc(CS(=O)(=O)[C@@H](C)[C@H](C)c3ncc(C)cn3)n2-c2c(OC)cccc2OC)c1. The first-order valence-electron chi connectivity index (χ1n) is 23.4. The molecule has 0 unspecified atom stereocenters. The summed E-state index contributed by atoms with van der Waals surface area (Å²) >= 11 is 0. The molecule has 0 radical (unpaired) electrons. The lowest BCUT2D eigenvalue weighted by Gasteiger charge is -2.20. The van der Waals surface area contributed by atoms with E-state index in [2.05, 4.69) is 55.1 Å². The third kappa shape index (κ3) is 11.9. The molecule has 23 heteroatoms. The molecule has 0 saturated carbocycles. The average molecular weight is 1060 g/mol. The van der Waals surface area contributed by atoms with Crippen molar-refractivity contribution in [1.29, 1.82) is 0 Å². The van der Waals surface area contributed by atoms with Crippen LogP contribution in [0.15, 0.2) is 98.1 Å². The molecule has 6 aromatic heterocycles. The number of benzene rings is 2. The Hall–Kier alpha value is -8.23. The van der Waals surface area contributed by atoms with Crippen LogP contribution in [0.3, 0.4) is 0 Å². The van der Waals surface area contributed by atoms with Gasteiger partial charge in [0.25, 0.3) is 0 Å². The standard InChI is InChI=1S/C26H27N7O4S.C26H30N6O4S/c1-16-11-29-25(30-12-16)17(2)18(3)38(34,35)15-23-31-32-26(19-10-20(27-4)14-28-13-19)33(23)24-21(36-5)8-7-9-22(24)37-6;1-16-10-20(14-27-11-16)26-31-30-23(32(26)24-21(35-5)8-7-9-22(24)36-6)15-37(33,34)19(4)18(3)25-28-12-17(2)13-29-25/h7-14,17-18H,15H2,1-3,5-6H3;7-14,18-19H,15H2,1-6H3/t17-,18-;18-,19-/m00/s1. The average Bonchev–Trinajstić information content (AvgIpc) is 4.03. The van der Waals surface area contributed by atoms with Gasteiger partial charge in [-0.15, -0.1) is 20.4 Å². The number of hydrogen-bond acceptors (Lipinski definition) is 18. The van der Waals surface area contributed by atoms with Gasteiger partial charge in [0, 0.05) is 72.5 Å². The molecule has 8 aromatic rings. The summed E-state index contributed by atoms with van der Waals surface area (Å²) in [5.74, 6) is 2.15. The molecule has 0 amide bonds. The minimum Gasteiger partial charge on any atom is -0.494 e. The molecule has 6 heterocycles. The summed E-state index contributed by atoms with van der Waals surface area (Å²) in [5, 5.41) is 15.7. The van der Waals surface area contributed by atoms with Gasteiger partial charge in [-0.25, -0.2) is 41.6 Å². The van der Waals surface area contributed by atoms with E-state index in [1.165, 1.54) is 40.8 Å². The summed E-state index contributed by atoms with van der Waals surface area (Å²) in [6.07, 6.45) is 13.1. The van der Waals surface area contributed by atoms with Crippen molar-refractivity contribution in [1.82, 2.24) is 59.4 Å². The highest BCUT2D eigenvalue weighted by Gasteiger charge is 2.35. The number of hydrogen-bond donors (Lipinski definition) is 0. The van der Waals surface area contributed by atoms with Gasteiger partial charge in [0.05, 0.1) is 45.5 Å². The molecule has 21 nitrogen and oxygen atoms in total. The molecule has 0 fully saturated rings. The number of aromatic nitrogens is 12. The van der Waals surface area contributed by atoms with Crippen LogP contribution in [-0.4, -0.2) is 115 Å². The summed E-state index contributed by atoms with van der Waals surface area (Å²) in [4.78, 5) is 29.2. The topological polar surface area (TPSA) is 248 Å². The number of aryl methyl sites for hydroxylation is 3. The smallest absolute Gasteiger partial charge is 0.205 e. The Balaban J connectivity index is 0.000000219. The Kier molecular flexibility index (Phi) is 17.0. The second-order valence-electron chi connectivity index (χ2n) is 17.7. The Bertz CT molecular complexity index is 3520. The lowest BCUT2D eigenvalue weighted by molar-refractivity contribution is 0.390. The van der Waals surface area contributed by atoms with Gasteiger partial charge in [0.15, 0.2) is 43.0 Å². The van der Waals surface area contributed by atoms with Gasteiger partial charge in [-0.1, -0.05) is 26.0 Å². The first-order chi connectivity index (χ1) is 35.9. The molecule has 0 aliphatic heterocycles. The fourth-order valence-corrected chi connectivity index (χ4v) is 11.1. The maximum Gasteiger partial charge on any atom is 0.205 e. The third-order valence-corrected chi connectivity index (χ3v) is 17.0. The summed E-state index contributed by atoms with van der Waals surface area (Å²) in [5.41, 5.74) is 5.12. The Morgan fingerprint density at radius 3 is 1.25 bits per heavy atom. The first kappa shape index (κ1) is 54.5. The van der Waals surface area contributed by atoms with Crippen molar-refractivity contribution >= 4 is 25.4 Å². The first-order valence-corrected chi connectivity index (χ1v) is 26.9. The number of nitrogens with zero attached hydrogens (tertiary/aromatic N) is 13. The van der Waals surface area contributed by atoms with Crippen LogP contribution in [0.2, 0.25) is 0 Å². The highest BCUT2D eigenvalue weighted by atomic mass is 32.2. The van der Waals surface area contributed by atoms with Crippen LogP contribution in [0.1, 0.15) is 79.5 Å². The zero-order valence-electron chi connectivity index (χ0n) is 43.4. The third-order valence-electron chi connectivity index (χ3n) is 12.6. The number of para-hydroxylation sites is 2. The molecule has 4 atom stereocenters. The Labute approximate surface area is 436 Å². The van der Waals surface area contributed by atoms with Gasteiger partial charge in [-0.2, -0.15) is 0 Å². The molecule has 0 aliphatic carbocycles. The number of ether oxygens (including phenoxy) is 4. The van der Waals surface area contributed by atoms with Crippen molar-refractivity contribution in [3.05, 3.63) is 150 Å². The molecular formula is C52H57N13O8S2. The number of pyridine rings is 2. The van der Waals surface area contributed by atoms with Gasteiger partial charge < -0.3 is 18.9 Å². The summed E-state index contributed by atoms with van der Waals surface area (Å²) in [6, 6.07) is 14.1. The van der Waals surface area contributed by atoms with E-state index in [1.54, 1.807) is 110 Å². The predicted molar refractivity (Wildman–Crippen MR) is 281 cm³/mol. The van der Waals surface area contributed by atoms with Crippen LogP contribution in [0, 0.1) is 27.3 Å². The lowest BCUT2D eigenvalue weighted by atomic mass is 10.1. The van der Waals surface area contributed by atoms with E-state index < -0.39 is 47.8 Å². The highest BCUT2D eigenvalue weighted by Crippen LogP contribution is 2.39. The van der Waals surface area contributed by atoms with Crippen molar-refractivity contribution in [2.75, 3.05) is 28.4 Å². The van der Waals surface area contributed by atoms with Crippen LogP contribution < -0.4 is 18.9 Å². The molecule has 0 saturated heterocycles. The Morgan fingerprint density at radius 1 is 0.520 bits per heavy atom. The zero-order valence-corrected chi connectivity index (χ0v) is 45.0. The molecule has 0 spiro atoms. The van der Waals surface area contributed by atoms with Crippen molar-refractivity contribution in [3.63, 3.8) is 0 Å². The van der Waals surface area contributed by atoms with Gasteiger partial charge >= 0.3 is 0 Å². The minimum absolute atomic E-state index is 0.153. The van der Waals surface area contributed by atoms with E-state index in [4.69, 9.17) is 25.5 Å². The quantitative estimate of drug-likeness (QED) is 0.0739. The molecule has 0 aliphatic rings. The molecule has 2 aromatic carbocycles. The monoisotopic (exact) mass is 1060 g/mol. The lowest BCUT2D eigenvalue weighted by Crippen LogP contribution is -2.27. The Morgan fingerprint density at radius 2 is 0.893 bits per heavy atom. The largest absolute Gasteiger partial charge is 0.494 e. The zero-order chi connectivity index (χ0) is 54.2. The molecular weight excluding hydrogens is 999 g/mol. The number of methoxy groups -OCH3 is 4. The van der Waals surface area contributed by atoms with Crippen LogP contribution >= 0.6 is 0 Å². The van der Waals surface area contributed by atoms with Crippen molar-refractivity contribution in [2.24, 2.45) is 0 Å². The molecule has 390 valence electrons. The van der Waals surface area contributed by atoms with E-state index in [9.17, 15) is 16.8 Å². The van der Waals surface area contributed by atoms with E-state index in [0.29, 0.717) is 74.5 Å². The molecule has 0 bridgehead atoms. The summed E-state index contributed by atoms with van der Waals surface area (Å²) in [6.45, 7) is 19.9. The molecule has 0 N–H and O–H groups in total. The highest BCUT2D eigenvalue weighted by molar-refractivity contribution is 7.91. The van der Waals surface area contributed by atoms with Crippen LogP contribution in [0.4, 0.5) is 5.69 Å².